The van der Waals surface area contributed by atoms with Crippen molar-refractivity contribution in [2.75, 3.05) is 19.1 Å². The van der Waals surface area contributed by atoms with Crippen LogP contribution < -0.4 is 9.64 Å². The number of nitrogens with zero attached hydrogens (tertiary/aromatic N) is 2. The minimum Gasteiger partial charge on any atom is -0.497 e. The maximum Gasteiger partial charge on any atom is 0.246 e. The lowest BCUT2D eigenvalue weighted by atomic mass is 9.70. The number of aromatic nitrogens is 1. The van der Waals surface area contributed by atoms with Crippen molar-refractivity contribution in [3.63, 3.8) is 0 Å². The second kappa shape index (κ2) is 6.24. The van der Waals surface area contributed by atoms with Gasteiger partial charge in [-0.1, -0.05) is 48.5 Å². The Morgan fingerprint density at radius 2 is 1.62 bits per heavy atom. The van der Waals surface area contributed by atoms with Crippen LogP contribution in [0.3, 0.4) is 0 Å². The fourth-order valence-electron chi connectivity index (χ4n) is 4.75. The molecular weight excluding hydrogens is 360 g/mol. The van der Waals surface area contributed by atoms with E-state index < -0.39 is 5.41 Å². The Labute approximate surface area is 170 Å². The smallest absolute Gasteiger partial charge is 0.246 e. The van der Waals surface area contributed by atoms with Gasteiger partial charge in [-0.3, -0.25) is 4.79 Å². The summed E-state index contributed by atoms with van der Waals surface area (Å²) >= 11 is 0. The first-order valence-corrected chi connectivity index (χ1v) is 9.65. The summed E-state index contributed by atoms with van der Waals surface area (Å²) in [5, 5.41) is 1.08. The molecule has 0 saturated heterocycles. The van der Waals surface area contributed by atoms with E-state index in [1.165, 1.54) is 0 Å². The van der Waals surface area contributed by atoms with E-state index in [9.17, 15) is 4.79 Å². The van der Waals surface area contributed by atoms with Crippen LogP contribution in [0.5, 0.6) is 5.75 Å². The number of aryl methyl sites for hydroxylation is 1. The average molecular weight is 382 g/mol. The van der Waals surface area contributed by atoms with Crippen molar-refractivity contribution in [2.45, 2.75) is 5.41 Å². The summed E-state index contributed by atoms with van der Waals surface area (Å²) < 4.78 is 7.61. The van der Waals surface area contributed by atoms with Gasteiger partial charge in [-0.05, 0) is 29.8 Å². The van der Waals surface area contributed by atoms with Crippen LogP contribution in [0.1, 0.15) is 16.7 Å². The number of hydrogen-bond acceptors (Lipinski definition) is 2. The lowest BCUT2D eigenvalue weighted by Gasteiger charge is -2.29. The molecule has 4 heteroatoms. The summed E-state index contributed by atoms with van der Waals surface area (Å²) in [5.74, 6) is 0.783. The summed E-state index contributed by atoms with van der Waals surface area (Å²) in [7, 11) is 5.54. The number of hydrogen-bond donors (Lipinski definition) is 0. The molecule has 1 amide bonds. The standard InChI is InChI=1S/C25H22N2O2/c1-26-16-21(19-11-4-6-13-22(19)26)25(17-9-8-10-18(15-17)29-3)20-12-5-7-14-23(20)27(2)24(25)28/h4-16H,1-3H3. The van der Waals surface area contributed by atoms with Gasteiger partial charge in [-0.15, -0.1) is 0 Å². The van der Waals surface area contributed by atoms with Crippen molar-refractivity contribution < 1.29 is 9.53 Å². The van der Waals surface area contributed by atoms with Crippen molar-refractivity contribution in [2.24, 2.45) is 7.05 Å². The monoisotopic (exact) mass is 382 g/mol. The minimum atomic E-state index is -0.930. The Kier molecular flexibility index (Phi) is 3.78. The van der Waals surface area contributed by atoms with Crippen molar-refractivity contribution in [1.29, 1.82) is 0 Å². The highest BCUT2D eigenvalue weighted by molar-refractivity contribution is 6.14. The number of carbonyl (C=O) groups excluding carboxylic acids is 1. The Bertz CT molecular complexity index is 1260. The van der Waals surface area contributed by atoms with Gasteiger partial charge in [-0.2, -0.15) is 0 Å². The molecule has 0 spiro atoms. The molecule has 4 aromatic rings. The number of likely N-dealkylation sites (N-methyl/N-ethyl adjacent to an activating group) is 1. The third-order valence-electron chi connectivity index (χ3n) is 6.10. The fourth-order valence-corrected chi connectivity index (χ4v) is 4.75. The van der Waals surface area contributed by atoms with Crippen LogP contribution in [-0.4, -0.2) is 24.6 Å². The first kappa shape index (κ1) is 17.6. The van der Waals surface area contributed by atoms with Crippen LogP contribution >= 0.6 is 0 Å². The van der Waals surface area contributed by atoms with E-state index in [1.54, 1.807) is 12.0 Å². The van der Waals surface area contributed by atoms with Crippen molar-refractivity contribution in [3.05, 3.63) is 95.7 Å². The summed E-state index contributed by atoms with van der Waals surface area (Å²) in [6, 6.07) is 24.2. The number of carbonyl (C=O) groups is 1. The Hall–Kier alpha value is -3.53. The highest BCUT2D eigenvalue weighted by Gasteiger charge is 2.53. The predicted molar refractivity (Wildman–Crippen MR) is 116 cm³/mol. The largest absolute Gasteiger partial charge is 0.497 e. The zero-order valence-corrected chi connectivity index (χ0v) is 16.7. The predicted octanol–water partition coefficient (Wildman–Crippen LogP) is 4.50. The van der Waals surface area contributed by atoms with E-state index in [0.29, 0.717) is 0 Å². The van der Waals surface area contributed by atoms with Gasteiger partial charge in [0.2, 0.25) is 5.91 Å². The quantitative estimate of drug-likeness (QED) is 0.523. The summed E-state index contributed by atoms with van der Waals surface area (Å²) in [6.07, 6.45) is 2.10. The van der Waals surface area contributed by atoms with Gasteiger partial charge >= 0.3 is 0 Å². The summed E-state index contributed by atoms with van der Waals surface area (Å²) in [5.41, 5.74) is 4.01. The van der Waals surface area contributed by atoms with Gasteiger partial charge in [0.1, 0.15) is 11.2 Å². The van der Waals surface area contributed by atoms with E-state index in [1.807, 2.05) is 68.7 Å². The Balaban J connectivity index is 1.95. The molecule has 2 heterocycles. The van der Waals surface area contributed by atoms with Crippen LogP contribution in [-0.2, 0) is 17.3 Å². The molecule has 0 saturated carbocycles. The van der Waals surface area contributed by atoms with E-state index in [2.05, 4.69) is 29.0 Å². The number of rotatable bonds is 3. The lowest BCUT2D eigenvalue weighted by Crippen LogP contribution is -2.40. The Morgan fingerprint density at radius 3 is 2.45 bits per heavy atom. The van der Waals surface area contributed by atoms with Crippen LogP contribution in [0.2, 0.25) is 0 Å². The minimum absolute atomic E-state index is 0.0447. The normalized spacial score (nSPS) is 18.3. The zero-order valence-electron chi connectivity index (χ0n) is 16.7. The second-order valence-corrected chi connectivity index (χ2v) is 7.53. The van der Waals surface area contributed by atoms with Crippen molar-refractivity contribution >= 4 is 22.5 Å². The lowest BCUT2D eigenvalue weighted by molar-refractivity contribution is -0.120. The third-order valence-corrected chi connectivity index (χ3v) is 6.10. The molecule has 0 bridgehead atoms. The maximum absolute atomic E-state index is 14.0. The van der Waals surface area contributed by atoms with E-state index in [0.717, 1.165) is 39.0 Å². The van der Waals surface area contributed by atoms with Gasteiger partial charge in [0.05, 0.1) is 7.11 Å². The molecule has 1 aromatic heterocycles. The highest BCUT2D eigenvalue weighted by Crippen LogP contribution is 2.52. The number of benzene rings is 3. The van der Waals surface area contributed by atoms with Crippen LogP contribution in [0.15, 0.2) is 79.0 Å². The Morgan fingerprint density at radius 1 is 0.862 bits per heavy atom. The zero-order chi connectivity index (χ0) is 20.2. The fraction of sp³-hybridized carbons (Fsp3) is 0.160. The van der Waals surface area contributed by atoms with Crippen LogP contribution in [0.25, 0.3) is 10.9 Å². The molecule has 144 valence electrons. The summed E-state index contributed by atoms with van der Waals surface area (Å²) in [4.78, 5) is 15.8. The van der Waals surface area contributed by atoms with Gasteiger partial charge in [0.25, 0.3) is 0 Å². The number of para-hydroxylation sites is 2. The molecule has 0 N–H and O–H groups in total. The number of methoxy groups -OCH3 is 1. The number of anilines is 1. The van der Waals surface area contributed by atoms with Gasteiger partial charge in [-0.25, -0.2) is 0 Å². The van der Waals surface area contributed by atoms with Gasteiger partial charge in [0, 0.05) is 48.0 Å². The van der Waals surface area contributed by atoms with E-state index in [4.69, 9.17) is 4.74 Å². The van der Waals surface area contributed by atoms with E-state index in [-0.39, 0.29) is 5.91 Å². The molecular formula is C25H22N2O2. The first-order chi connectivity index (χ1) is 14.1. The topological polar surface area (TPSA) is 34.5 Å². The third kappa shape index (κ3) is 2.23. The number of fused-ring (bicyclic) bond motifs is 2. The second-order valence-electron chi connectivity index (χ2n) is 7.53. The molecule has 1 unspecified atom stereocenters. The molecule has 0 radical (unpaired) electrons. The van der Waals surface area contributed by atoms with Gasteiger partial charge in [0.15, 0.2) is 0 Å². The molecule has 4 nitrogen and oxygen atoms in total. The van der Waals surface area contributed by atoms with Crippen molar-refractivity contribution in [3.8, 4) is 5.75 Å². The highest BCUT2D eigenvalue weighted by atomic mass is 16.5. The molecule has 29 heavy (non-hydrogen) atoms. The summed E-state index contributed by atoms with van der Waals surface area (Å²) in [6.45, 7) is 0. The van der Waals surface area contributed by atoms with Gasteiger partial charge < -0.3 is 14.2 Å². The van der Waals surface area contributed by atoms with Crippen molar-refractivity contribution in [1.82, 2.24) is 4.57 Å². The molecule has 5 rings (SSSR count). The average Bonchev–Trinajstić information content (AvgIpc) is 3.22. The number of ether oxygens (including phenoxy) is 1. The molecule has 1 aliphatic heterocycles. The molecule has 1 aliphatic rings. The van der Waals surface area contributed by atoms with Crippen LogP contribution in [0.4, 0.5) is 5.69 Å². The SMILES string of the molecule is COc1cccc(C2(c3cn(C)c4ccccc34)C(=O)N(C)c3ccccc32)c1. The van der Waals surface area contributed by atoms with E-state index >= 15 is 0 Å². The molecule has 3 aromatic carbocycles. The first-order valence-electron chi connectivity index (χ1n) is 9.65. The van der Waals surface area contributed by atoms with Crippen LogP contribution in [0, 0.1) is 0 Å². The maximum atomic E-state index is 14.0. The molecule has 0 aliphatic carbocycles. The molecule has 1 atom stereocenters. The molecule has 0 fully saturated rings. The number of amides is 1.